The highest BCUT2D eigenvalue weighted by Gasteiger charge is 2.33. The van der Waals surface area contributed by atoms with Crippen LogP contribution in [0.1, 0.15) is 49.8 Å². The van der Waals surface area contributed by atoms with Gasteiger partial charge in [-0.05, 0) is 31.9 Å². The summed E-state index contributed by atoms with van der Waals surface area (Å²) in [5.74, 6) is 0.814. The number of benzene rings is 1. The normalized spacial score (nSPS) is 16.2. The Morgan fingerprint density at radius 1 is 1.00 bits per heavy atom. The molecule has 0 spiro atoms. The molecule has 1 aliphatic carbocycles. The maximum atomic E-state index is 13.2. The zero-order valence-corrected chi connectivity index (χ0v) is 14.7. The third kappa shape index (κ3) is 4.86. The fourth-order valence-electron chi connectivity index (χ4n) is 3.29. The Morgan fingerprint density at radius 3 is 2.38 bits per heavy atom. The Kier molecular flexibility index (Phi) is 5.64. The molecule has 0 atom stereocenters. The minimum atomic E-state index is -4.44. The maximum absolute atomic E-state index is 13.2. The number of aromatic nitrogens is 2. The molecule has 3 rings (SSSR count). The first-order chi connectivity index (χ1) is 12.4. The molecule has 2 N–H and O–H groups in total. The van der Waals surface area contributed by atoms with Crippen LogP contribution in [0.2, 0.25) is 0 Å². The molecule has 1 fully saturated rings. The summed E-state index contributed by atoms with van der Waals surface area (Å²) in [4.78, 5) is 8.61. The summed E-state index contributed by atoms with van der Waals surface area (Å²) in [6.07, 6.45) is 2.61. The van der Waals surface area contributed by atoms with E-state index in [4.69, 9.17) is 0 Å². The van der Waals surface area contributed by atoms with Gasteiger partial charge in [0, 0.05) is 17.8 Å². The first-order valence-corrected chi connectivity index (χ1v) is 8.97. The Bertz CT molecular complexity index is 738. The molecule has 140 valence electrons. The lowest BCUT2D eigenvalue weighted by atomic mass is 10.1. The van der Waals surface area contributed by atoms with Crippen molar-refractivity contribution in [2.75, 3.05) is 10.6 Å². The van der Waals surface area contributed by atoms with Gasteiger partial charge in [0.1, 0.15) is 5.82 Å². The number of nitrogens with one attached hydrogen (secondary N) is 2. The smallest absolute Gasteiger partial charge is 0.367 e. The molecule has 1 heterocycles. The van der Waals surface area contributed by atoms with Crippen molar-refractivity contribution in [3.63, 3.8) is 0 Å². The number of alkyl halides is 3. The Labute approximate surface area is 151 Å². The number of aryl methyl sites for hydroxylation is 1. The van der Waals surface area contributed by atoms with Crippen molar-refractivity contribution < 1.29 is 13.2 Å². The van der Waals surface area contributed by atoms with Gasteiger partial charge in [0.25, 0.3) is 0 Å². The number of hydrogen-bond donors (Lipinski definition) is 2. The molecule has 2 aromatic rings. The van der Waals surface area contributed by atoms with Crippen LogP contribution in [0.5, 0.6) is 0 Å². The Morgan fingerprint density at radius 2 is 1.69 bits per heavy atom. The number of halogens is 3. The van der Waals surface area contributed by atoms with Crippen LogP contribution in [-0.2, 0) is 6.18 Å². The van der Waals surface area contributed by atoms with Gasteiger partial charge in [-0.15, -0.1) is 0 Å². The van der Waals surface area contributed by atoms with Crippen molar-refractivity contribution in [2.45, 2.75) is 57.7 Å². The van der Waals surface area contributed by atoms with Crippen molar-refractivity contribution in [2.24, 2.45) is 0 Å². The predicted octanol–water partition coefficient (Wildman–Crippen LogP) is 5.68. The number of para-hydroxylation sites is 1. The summed E-state index contributed by atoms with van der Waals surface area (Å²) in [5.41, 5.74) is -0.0856. The van der Waals surface area contributed by atoms with Gasteiger partial charge in [-0.2, -0.15) is 18.2 Å². The molecule has 1 aromatic carbocycles. The highest BCUT2D eigenvalue weighted by molar-refractivity contribution is 5.60. The van der Waals surface area contributed by atoms with Gasteiger partial charge in [0.15, 0.2) is 0 Å². The molecule has 0 radical (unpaired) electrons. The average Bonchev–Trinajstić information content (AvgIpc) is 2.82. The molecule has 0 bridgehead atoms. The van der Waals surface area contributed by atoms with E-state index in [1.165, 1.54) is 37.8 Å². The van der Waals surface area contributed by atoms with E-state index < -0.39 is 11.7 Å². The van der Waals surface area contributed by atoms with Crippen molar-refractivity contribution in [3.05, 3.63) is 41.6 Å². The second-order valence-electron chi connectivity index (χ2n) is 6.72. The SMILES string of the molecule is Cc1cc(NC2CCCCCC2)nc(Nc2ccccc2C(F)(F)F)n1. The Balaban J connectivity index is 1.80. The minimum Gasteiger partial charge on any atom is -0.367 e. The summed E-state index contributed by atoms with van der Waals surface area (Å²) in [5, 5.41) is 6.15. The van der Waals surface area contributed by atoms with E-state index in [2.05, 4.69) is 20.6 Å². The molecule has 0 saturated heterocycles. The molecule has 0 unspecified atom stereocenters. The van der Waals surface area contributed by atoms with Crippen molar-refractivity contribution >= 4 is 17.5 Å². The fraction of sp³-hybridized carbons (Fsp3) is 0.474. The van der Waals surface area contributed by atoms with Crippen LogP contribution in [-0.4, -0.2) is 16.0 Å². The van der Waals surface area contributed by atoms with E-state index in [-0.39, 0.29) is 11.6 Å². The lowest BCUT2D eigenvalue weighted by Crippen LogP contribution is -2.19. The number of nitrogens with zero attached hydrogens (tertiary/aromatic N) is 2. The van der Waals surface area contributed by atoms with E-state index in [0.717, 1.165) is 18.9 Å². The summed E-state index contributed by atoms with van der Waals surface area (Å²) in [6, 6.07) is 7.52. The molecule has 1 aliphatic rings. The van der Waals surface area contributed by atoms with Crippen LogP contribution < -0.4 is 10.6 Å². The van der Waals surface area contributed by atoms with Crippen molar-refractivity contribution in [1.82, 2.24) is 9.97 Å². The largest absolute Gasteiger partial charge is 0.418 e. The van der Waals surface area contributed by atoms with Crippen LogP contribution in [0, 0.1) is 6.92 Å². The van der Waals surface area contributed by atoms with Gasteiger partial charge in [0.2, 0.25) is 5.95 Å². The number of anilines is 3. The summed E-state index contributed by atoms with van der Waals surface area (Å²) in [6.45, 7) is 1.81. The van der Waals surface area contributed by atoms with Crippen LogP contribution in [0.3, 0.4) is 0 Å². The standard InChI is InChI=1S/C19H23F3N4/c1-13-12-17(24-14-8-4-2-3-5-9-14)26-18(23-13)25-16-11-7-6-10-15(16)19(20,21)22/h6-7,10-12,14H,2-5,8-9H2,1H3,(H2,23,24,25,26). The van der Waals surface area contributed by atoms with Crippen LogP contribution in [0.25, 0.3) is 0 Å². The van der Waals surface area contributed by atoms with E-state index in [1.807, 2.05) is 6.07 Å². The topological polar surface area (TPSA) is 49.8 Å². The molecule has 1 saturated carbocycles. The van der Waals surface area contributed by atoms with Gasteiger partial charge in [0.05, 0.1) is 11.3 Å². The molecule has 7 heteroatoms. The summed E-state index contributed by atoms with van der Waals surface area (Å²) < 4.78 is 39.5. The van der Waals surface area contributed by atoms with Gasteiger partial charge in [-0.25, -0.2) is 4.98 Å². The lowest BCUT2D eigenvalue weighted by Gasteiger charge is -2.18. The number of hydrogen-bond acceptors (Lipinski definition) is 4. The molecule has 4 nitrogen and oxygen atoms in total. The molecule has 0 amide bonds. The fourth-order valence-corrected chi connectivity index (χ4v) is 3.29. The zero-order chi connectivity index (χ0) is 18.6. The monoisotopic (exact) mass is 364 g/mol. The van der Waals surface area contributed by atoms with Gasteiger partial charge in [-0.1, -0.05) is 37.8 Å². The molecular weight excluding hydrogens is 341 g/mol. The predicted molar refractivity (Wildman–Crippen MR) is 96.6 cm³/mol. The van der Waals surface area contributed by atoms with Gasteiger partial charge in [-0.3, -0.25) is 0 Å². The lowest BCUT2D eigenvalue weighted by molar-refractivity contribution is -0.136. The van der Waals surface area contributed by atoms with Crippen LogP contribution >= 0.6 is 0 Å². The van der Waals surface area contributed by atoms with E-state index >= 15 is 0 Å². The Hall–Kier alpha value is -2.31. The highest BCUT2D eigenvalue weighted by Crippen LogP contribution is 2.35. The third-order valence-electron chi connectivity index (χ3n) is 4.54. The minimum absolute atomic E-state index is 0.0500. The second kappa shape index (κ2) is 7.93. The zero-order valence-electron chi connectivity index (χ0n) is 14.7. The third-order valence-corrected chi connectivity index (χ3v) is 4.54. The molecule has 0 aliphatic heterocycles. The van der Waals surface area contributed by atoms with Crippen LogP contribution in [0.15, 0.2) is 30.3 Å². The highest BCUT2D eigenvalue weighted by atomic mass is 19.4. The van der Waals surface area contributed by atoms with Gasteiger partial charge < -0.3 is 10.6 Å². The van der Waals surface area contributed by atoms with Crippen molar-refractivity contribution in [3.8, 4) is 0 Å². The van der Waals surface area contributed by atoms with Crippen LogP contribution in [0.4, 0.5) is 30.6 Å². The molecule has 26 heavy (non-hydrogen) atoms. The summed E-state index contributed by atoms with van der Waals surface area (Å²) in [7, 11) is 0. The van der Waals surface area contributed by atoms with E-state index in [9.17, 15) is 13.2 Å². The van der Waals surface area contributed by atoms with E-state index in [1.54, 1.807) is 13.0 Å². The quantitative estimate of drug-likeness (QED) is 0.685. The van der Waals surface area contributed by atoms with Gasteiger partial charge >= 0.3 is 6.18 Å². The second-order valence-corrected chi connectivity index (χ2v) is 6.72. The van der Waals surface area contributed by atoms with E-state index in [0.29, 0.717) is 17.6 Å². The molecular formula is C19H23F3N4. The first kappa shape index (κ1) is 18.5. The average molecular weight is 364 g/mol. The van der Waals surface area contributed by atoms with Crippen molar-refractivity contribution in [1.29, 1.82) is 0 Å². The summed E-state index contributed by atoms with van der Waals surface area (Å²) >= 11 is 0. The number of rotatable bonds is 4. The first-order valence-electron chi connectivity index (χ1n) is 8.97. The molecule has 1 aromatic heterocycles. The maximum Gasteiger partial charge on any atom is 0.418 e.